The first-order chi connectivity index (χ1) is 8.88. The molecule has 0 aromatic heterocycles. The molecule has 0 aromatic carbocycles. The van der Waals surface area contributed by atoms with E-state index in [2.05, 4.69) is 49.7 Å². The van der Waals surface area contributed by atoms with Crippen LogP contribution in [0, 0.1) is 11.8 Å². The number of amides is 1. The molecule has 1 atom stereocenters. The van der Waals surface area contributed by atoms with E-state index < -0.39 is 0 Å². The highest BCUT2D eigenvalue weighted by molar-refractivity contribution is 5.78. The van der Waals surface area contributed by atoms with Crippen LogP contribution in [0.3, 0.4) is 0 Å². The molecule has 1 fully saturated rings. The maximum atomic E-state index is 11.9. The Morgan fingerprint density at radius 3 is 2.00 bits per heavy atom. The van der Waals surface area contributed by atoms with Gasteiger partial charge in [-0.2, -0.15) is 0 Å². The molecule has 112 valence electrons. The molecular weight excluding hydrogens is 238 g/mol. The fourth-order valence-corrected chi connectivity index (χ4v) is 2.32. The molecule has 1 rings (SSSR count). The summed E-state index contributed by atoms with van der Waals surface area (Å²) in [6, 6.07) is 0.259. The van der Waals surface area contributed by atoms with Crippen LogP contribution >= 0.6 is 0 Å². The number of nitrogens with zero attached hydrogens (tertiary/aromatic N) is 2. The maximum absolute atomic E-state index is 11.9. The van der Waals surface area contributed by atoms with Crippen LogP contribution in [0.25, 0.3) is 0 Å². The Balaban J connectivity index is 2.23. The number of nitrogens with one attached hydrogen (secondary N) is 1. The van der Waals surface area contributed by atoms with Crippen molar-refractivity contribution in [2.24, 2.45) is 11.8 Å². The summed E-state index contributed by atoms with van der Waals surface area (Å²) < 4.78 is 0. The van der Waals surface area contributed by atoms with Gasteiger partial charge in [0.15, 0.2) is 0 Å². The van der Waals surface area contributed by atoms with Crippen LogP contribution < -0.4 is 5.32 Å². The number of rotatable bonds is 6. The van der Waals surface area contributed by atoms with Crippen molar-refractivity contribution < 1.29 is 4.79 Å². The quantitative estimate of drug-likeness (QED) is 0.792. The van der Waals surface area contributed by atoms with Gasteiger partial charge in [0, 0.05) is 38.8 Å². The van der Waals surface area contributed by atoms with E-state index >= 15 is 0 Å². The normalized spacial score (nSPS) is 19.9. The van der Waals surface area contributed by atoms with E-state index in [9.17, 15) is 4.79 Å². The molecule has 1 unspecified atom stereocenters. The molecular formula is C15H31N3O. The van der Waals surface area contributed by atoms with Crippen molar-refractivity contribution in [3.05, 3.63) is 0 Å². The number of piperazine rings is 1. The van der Waals surface area contributed by atoms with Gasteiger partial charge < -0.3 is 10.2 Å². The van der Waals surface area contributed by atoms with Crippen molar-refractivity contribution >= 4 is 5.91 Å². The van der Waals surface area contributed by atoms with Crippen LogP contribution in [0.1, 0.15) is 34.6 Å². The molecule has 1 aliphatic rings. The molecule has 4 nitrogen and oxygen atoms in total. The third kappa shape index (κ3) is 6.39. The first kappa shape index (κ1) is 16.4. The Morgan fingerprint density at radius 1 is 1.00 bits per heavy atom. The molecule has 1 amide bonds. The predicted molar refractivity (Wildman–Crippen MR) is 80.2 cm³/mol. The molecule has 19 heavy (non-hydrogen) atoms. The number of carbonyl (C=O) groups is 1. The zero-order valence-electron chi connectivity index (χ0n) is 13.3. The van der Waals surface area contributed by atoms with Gasteiger partial charge in [0.05, 0.1) is 6.54 Å². The van der Waals surface area contributed by atoms with Crippen LogP contribution in [-0.4, -0.2) is 61.0 Å². The van der Waals surface area contributed by atoms with Crippen molar-refractivity contribution in [3.63, 3.8) is 0 Å². The van der Waals surface area contributed by atoms with Gasteiger partial charge in [0.25, 0.3) is 0 Å². The topological polar surface area (TPSA) is 35.6 Å². The summed E-state index contributed by atoms with van der Waals surface area (Å²) in [4.78, 5) is 16.7. The molecule has 0 aliphatic carbocycles. The van der Waals surface area contributed by atoms with Crippen molar-refractivity contribution in [1.82, 2.24) is 15.1 Å². The smallest absolute Gasteiger partial charge is 0.234 e. The number of hydrogen-bond acceptors (Lipinski definition) is 3. The summed E-state index contributed by atoms with van der Waals surface area (Å²) in [5, 5.41) is 3.08. The van der Waals surface area contributed by atoms with Gasteiger partial charge in [-0.15, -0.1) is 0 Å². The molecule has 1 heterocycles. The molecule has 0 bridgehead atoms. The van der Waals surface area contributed by atoms with Crippen molar-refractivity contribution in [2.45, 2.75) is 40.7 Å². The molecule has 0 radical (unpaired) electrons. The second-order valence-corrected chi connectivity index (χ2v) is 6.57. The monoisotopic (exact) mass is 269 g/mol. The van der Waals surface area contributed by atoms with Crippen LogP contribution in [0.2, 0.25) is 0 Å². The van der Waals surface area contributed by atoms with E-state index in [0.717, 1.165) is 32.1 Å². The molecule has 1 N–H and O–H groups in total. The minimum absolute atomic E-state index is 0.165. The van der Waals surface area contributed by atoms with Gasteiger partial charge in [-0.25, -0.2) is 0 Å². The second-order valence-electron chi connectivity index (χ2n) is 6.57. The fraction of sp³-hybridized carbons (Fsp3) is 0.933. The van der Waals surface area contributed by atoms with Crippen molar-refractivity contribution in [1.29, 1.82) is 0 Å². The van der Waals surface area contributed by atoms with Gasteiger partial charge in [0.1, 0.15) is 0 Å². The van der Waals surface area contributed by atoms with Gasteiger partial charge in [-0.05, 0) is 18.8 Å². The second kappa shape index (κ2) is 7.85. The largest absolute Gasteiger partial charge is 0.352 e. The lowest BCUT2D eigenvalue weighted by Crippen LogP contribution is -2.51. The Kier molecular flexibility index (Phi) is 6.80. The standard InChI is InChI=1S/C15H31N3O/c1-12(2)10-17-6-8-18(9-7-17)11-15(19)16-14(5)13(3)4/h12-14H,6-11H2,1-5H3,(H,16,19). The van der Waals surface area contributed by atoms with E-state index in [4.69, 9.17) is 0 Å². The lowest BCUT2D eigenvalue weighted by molar-refractivity contribution is -0.123. The lowest BCUT2D eigenvalue weighted by Gasteiger charge is -2.35. The van der Waals surface area contributed by atoms with Crippen LogP contribution in [-0.2, 0) is 4.79 Å². The van der Waals surface area contributed by atoms with Crippen molar-refractivity contribution in [3.8, 4) is 0 Å². The summed E-state index contributed by atoms with van der Waals surface area (Å²) in [5.41, 5.74) is 0. The minimum atomic E-state index is 0.165. The van der Waals surface area contributed by atoms with E-state index in [1.807, 2.05) is 0 Å². The van der Waals surface area contributed by atoms with Gasteiger partial charge in [0.2, 0.25) is 5.91 Å². The Bertz CT molecular complexity index is 271. The van der Waals surface area contributed by atoms with E-state index in [1.165, 1.54) is 6.54 Å². The van der Waals surface area contributed by atoms with Crippen molar-refractivity contribution in [2.75, 3.05) is 39.3 Å². The van der Waals surface area contributed by atoms with Crippen LogP contribution in [0.15, 0.2) is 0 Å². The van der Waals surface area contributed by atoms with Crippen LogP contribution in [0.4, 0.5) is 0 Å². The lowest BCUT2D eigenvalue weighted by atomic mass is 10.1. The molecule has 0 aromatic rings. The minimum Gasteiger partial charge on any atom is -0.352 e. The summed E-state index contributed by atoms with van der Waals surface area (Å²) in [7, 11) is 0. The summed E-state index contributed by atoms with van der Waals surface area (Å²) in [5.74, 6) is 1.38. The van der Waals surface area contributed by atoms with E-state index in [0.29, 0.717) is 12.5 Å². The molecule has 0 saturated carbocycles. The highest BCUT2D eigenvalue weighted by Gasteiger charge is 2.20. The third-order valence-corrected chi connectivity index (χ3v) is 3.84. The summed E-state index contributed by atoms with van der Waals surface area (Å²) >= 11 is 0. The average molecular weight is 269 g/mol. The van der Waals surface area contributed by atoms with Gasteiger partial charge in [-0.3, -0.25) is 9.69 Å². The molecule has 0 spiro atoms. The SMILES string of the molecule is CC(C)CN1CCN(CC(=O)NC(C)C(C)C)CC1. The van der Waals surface area contributed by atoms with E-state index in [1.54, 1.807) is 0 Å². The molecule has 1 aliphatic heterocycles. The Labute approximate surface area is 118 Å². The molecule has 4 heteroatoms. The highest BCUT2D eigenvalue weighted by atomic mass is 16.2. The maximum Gasteiger partial charge on any atom is 0.234 e. The summed E-state index contributed by atoms with van der Waals surface area (Å²) in [6.07, 6.45) is 0. The fourth-order valence-electron chi connectivity index (χ4n) is 2.32. The average Bonchev–Trinajstić information content (AvgIpc) is 2.30. The molecule has 1 saturated heterocycles. The van der Waals surface area contributed by atoms with Crippen LogP contribution in [0.5, 0.6) is 0 Å². The zero-order valence-corrected chi connectivity index (χ0v) is 13.3. The van der Waals surface area contributed by atoms with Gasteiger partial charge in [-0.1, -0.05) is 27.7 Å². The first-order valence-electron chi connectivity index (χ1n) is 7.62. The number of hydrogen-bond donors (Lipinski definition) is 1. The van der Waals surface area contributed by atoms with E-state index in [-0.39, 0.29) is 11.9 Å². The van der Waals surface area contributed by atoms with Gasteiger partial charge >= 0.3 is 0 Å². The third-order valence-electron chi connectivity index (χ3n) is 3.84. The number of carbonyl (C=O) groups excluding carboxylic acids is 1. The zero-order chi connectivity index (χ0) is 14.4. The Morgan fingerprint density at radius 2 is 1.53 bits per heavy atom. The predicted octanol–water partition coefficient (Wildman–Crippen LogP) is 1.42. The first-order valence-corrected chi connectivity index (χ1v) is 7.62. The highest BCUT2D eigenvalue weighted by Crippen LogP contribution is 2.05. The summed E-state index contributed by atoms with van der Waals surface area (Å²) in [6.45, 7) is 16.8. The Hall–Kier alpha value is -0.610.